The van der Waals surface area contributed by atoms with E-state index in [1.54, 1.807) is 19.5 Å². The Balaban J connectivity index is 1.94. The summed E-state index contributed by atoms with van der Waals surface area (Å²) in [4.78, 5) is 6.08. The van der Waals surface area contributed by atoms with Crippen LogP contribution in [0.5, 0.6) is 5.75 Å². The van der Waals surface area contributed by atoms with Crippen LogP contribution in [0.2, 0.25) is 0 Å². The van der Waals surface area contributed by atoms with E-state index in [1.165, 1.54) is 5.56 Å². The molecule has 1 unspecified atom stereocenters. The lowest BCUT2D eigenvalue weighted by Gasteiger charge is -2.21. The highest BCUT2D eigenvalue weighted by atomic mass is 16.5. The van der Waals surface area contributed by atoms with Gasteiger partial charge in [-0.2, -0.15) is 0 Å². The Labute approximate surface area is 119 Å². The third-order valence-corrected chi connectivity index (χ3v) is 3.17. The van der Waals surface area contributed by atoms with Crippen molar-refractivity contribution in [3.63, 3.8) is 0 Å². The van der Waals surface area contributed by atoms with Gasteiger partial charge >= 0.3 is 0 Å². The number of ether oxygens (including phenoxy) is 1. The summed E-state index contributed by atoms with van der Waals surface area (Å²) in [5.41, 5.74) is 2.05. The maximum atomic E-state index is 10.3. The Hall–Kier alpha value is -1.91. The lowest BCUT2D eigenvalue weighted by molar-refractivity contribution is 0.123. The first-order valence-corrected chi connectivity index (χ1v) is 6.58. The molecule has 0 radical (unpaired) electrons. The van der Waals surface area contributed by atoms with Crippen LogP contribution in [0, 0.1) is 0 Å². The molecule has 0 saturated heterocycles. The van der Waals surface area contributed by atoms with Crippen molar-refractivity contribution in [2.75, 3.05) is 20.7 Å². The molecule has 1 atom stereocenters. The van der Waals surface area contributed by atoms with Crippen LogP contribution < -0.4 is 4.74 Å². The van der Waals surface area contributed by atoms with Crippen molar-refractivity contribution in [3.8, 4) is 5.75 Å². The van der Waals surface area contributed by atoms with Gasteiger partial charge in [-0.3, -0.25) is 9.88 Å². The van der Waals surface area contributed by atoms with Crippen LogP contribution in [0.15, 0.2) is 48.8 Å². The second-order valence-corrected chi connectivity index (χ2v) is 4.84. The van der Waals surface area contributed by atoms with E-state index in [1.807, 2.05) is 43.4 Å². The van der Waals surface area contributed by atoms with Crippen molar-refractivity contribution >= 4 is 0 Å². The Morgan fingerprint density at radius 2 is 2.00 bits per heavy atom. The van der Waals surface area contributed by atoms with Gasteiger partial charge in [-0.15, -0.1) is 0 Å². The molecule has 1 aromatic heterocycles. The summed E-state index contributed by atoms with van der Waals surface area (Å²) in [6, 6.07) is 11.5. The van der Waals surface area contributed by atoms with E-state index in [9.17, 15) is 5.11 Å². The highest BCUT2D eigenvalue weighted by Crippen LogP contribution is 2.20. The molecule has 4 heteroatoms. The summed E-state index contributed by atoms with van der Waals surface area (Å²) in [7, 11) is 3.62. The molecule has 2 aromatic rings. The fraction of sp³-hybridized carbons (Fsp3) is 0.312. The highest BCUT2D eigenvalue weighted by molar-refractivity contribution is 5.29. The van der Waals surface area contributed by atoms with Gasteiger partial charge in [0.2, 0.25) is 0 Å². The Morgan fingerprint density at radius 3 is 2.70 bits per heavy atom. The molecule has 0 aliphatic carbocycles. The van der Waals surface area contributed by atoms with Crippen molar-refractivity contribution in [3.05, 3.63) is 59.9 Å². The molecule has 0 spiro atoms. The van der Waals surface area contributed by atoms with E-state index < -0.39 is 6.10 Å². The van der Waals surface area contributed by atoms with Gasteiger partial charge in [-0.25, -0.2) is 0 Å². The second-order valence-electron chi connectivity index (χ2n) is 4.84. The monoisotopic (exact) mass is 272 g/mol. The third-order valence-electron chi connectivity index (χ3n) is 3.17. The molecule has 20 heavy (non-hydrogen) atoms. The van der Waals surface area contributed by atoms with Crippen LogP contribution in [0.3, 0.4) is 0 Å². The number of pyridine rings is 1. The van der Waals surface area contributed by atoms with Gasteiger partial charge in [-0.05, 0) is 42.4 Å². The topological polar surface area (TPSA) is 45.6 Å². The van der Waals surface area contributed by atoms with Crippen LogP contribution in [0.1, 0.15) is 17.2 Å². The Bertz CT molecular complexity index is 531. The standard InChI is InChI=1S/C16H20N2O2/c1-18(11-13-6-8-17-9-7-13)12-16(19)14-4-3-5-15(10-14)20-2/h3-10,16,19H,11-12H2,1-2H3. The van der Waals surface area contributed by atoms with E-state index in [4.69, 9.17) is 4.74 Å². The van der Waals surface area contributed by atoms with E-state index >= 15 is 0 Å². The number of hydrogen-bond acceptors (Lipinski definition) is 4. The van der Waals surface area contributed by atoms with Crippen LogP contribution >= 0.6 is 0 Å². The molecule has 0 aliphatic heterocycles. The van der Waals surface area contributed by atoms with Crippen LogP contribution in [0.25, 0.3) is 0 Å². The summed E-state index contributed by atoms with van der Waals surface area (Å²) < 4.78 is 5.17. The number of methoxy groups -OCH3 is 1. The van der Waals surface area contributed by atoms with Crippen molar-refractivity contribution < 1.29 is 9.84 Å². The van der Waals surface area contributed by atoms with Crippen molar-refractivity contribution in [1.29, 1.82) is 0 Å². The number of rotatable bonds is 6. The van der Waals surface area contributed by atoms with Gasteiger partial charge in [0.1, 0.15) is 5.75 Å². The van der Waals surface area contributed by atoms with Gasteiger partial charge in [-0.1, -0.05) is 12.1 Å². The number of likely N-dealkylation sites (N-methyl/N-ethyl adjacent to an activating group) is 1. The Morgan fingerprint density at radius 1 is 1.25 bits per heavy atom. The largest absolute Gasteiger partial charge is 0.497 e. The molecule has 0 bridgehead atoms. The summed E-state index contributed by atoms with van der Waals surface area (Å²) >= 11 is 0. The smallest absolute Gasteiger partial charge is 0.119 e. The number of aromatic nitrogens is 1. The maximum absolute atomic E-state index is 10.3. The van der Waals surface area contributed by atoms with Crippen molar-refractivity contribution in [2.45, 2.75) is 12.6 Å². The lowest BCUT2D eigenvalue weighted by Crippen LogP contribution is -2.24. The highest BCUT2D eigenvalue weighted by Gasteiger charge is 2.11. The second kappa shape index (κ2) is 7.03. The van der Waals surface area contributed by atoms with Gasteiger partial charge in [0, 0.05) is 25.5 Å². The minimum atomic E-state index is -0.531. The fourth-order valence-corrected chi connectivity index (χ4v) is 2.11. The number of aliphatic hydroxyl groups excluding tert-OH is 1. The van der Waals surface area contributed by atoms with Crippen LogP contribution in [-0.4, -0.2) is 35.7 Å². The van der Waals surface area contributed by atoms with Crippen LogP contribution in [0.4, 0.5) is 0 Å². The zero-order valence-corrected chi connectivity index (χ0v) is 11.9. The van der Waals surface area contributed by atoms with Crippen molar-refractivity contribution in [2.24, 2.45) is 0 Å². The molecule has 0 fully saturated rings. The maximum Gasteiger partial charge on any atom is 0.119 e. The molecular formula is C16H20N2O2. The lowest BCUT2D eigenvalue weighted by atomic mass is 10.1. The van der Waals surface area contributed by atoms with Gasteiger partial charge in [0.15, 0.2) is 0 Å². The molecule has 0 aliphatic rings. The molecule has 1 heterocycles. The number of aliphatic hydroxyl groups is 1. The summed E-state index contributed by atoms with van der Waals surface area (Å²) in [6.45, 7) is 1.35. The molecule has 1 aromatic carbocycles. The first-order chi connectivity index (χ1) is 9.69. The van der Waals surface area contributed by atoms with Crippen molar-refractivity contribution in [1.82, 2.24) is 9.88 Å². The quantitative estimate of drug-likeness (QED) is 0.876. The first-order valence-electron chi connectivity index (χ1n) is 6.58. The average Bonchev–Trinajstić information content (AvgIpc) is 2.48. The fourth-order valence-electron chi connectivity index (χ4n) is 2.11. The van der Waals surface area contributed by atoms with E-state index in [-0.39, 0.29) is 0 Å². The predicted octanol–water partition coefficient (Wildman–Crippen LogP) is 2.26. The SMILES string of the molecule is COc1cccc(C(O)CN(C)Cc2ccncc2)c1. The molecule has 0 amide bonds. The van der Waals surface area contributed by atoms with E-state index in [2.05, 4.69) is 9.88 Å². The first kappa shape index (κ1) is 14.5. The zero-order chi connectivity index (χ0) is 14.4. The average molecular weight is 272 g/mol. The van der Waals surface area contributed by atoms with Gasteiger partial charge in [0.05, 0.1) is 13.2 Å². The third kappa shape index (κ3) is 4.05. The summed E-state index contributed by atoms with van der Waals surface area (Å²) in [5, 5.41) is 10.3. The normalized spacial score (nSPS) is 12.4. The Kier molecular flexibility index (Phi) is 5.09. The number of nitrogens with zero attached hydrogens (tertiary/aromatic N) is 2. The van der Waals surface area contributed by atoms with Crippen LogP contribution in [-0.2, 0) is 6.54 Å². The number of benzene rings is 1. The molecular weight excluding hydrogens is 252 g/mol. The molecule has 4 nitrogen and oxygen atoms in total. The minimum absolute atomic E-state index is 0.531. The van der Waals surface area contributed by atoms with E-state index in [0.717, 1.165) is 17.9 Å². The predicted molar refractivity (Wildman–Crippen MR) is 78.5 cm³/mol. The number of hydrogen-bond donors (Lipinski definition) is 1. The summed E-state index contributed by atoms with van der Waals surface area (Å²) in [5.74, 6) is 0.762. The molecule has 2 rings (SSSR count). The summed E-state index contributed by atoms with van der Waals surface area (Å²) in [6.07, 6.45) is 3.03. The van der Waals surface area contributed by atoms with Gasteiger partial charge < -0.3 is 9.84 Å². The molecule has 0 saturated carbocycles. The minimum Gasteiger partial charge on any atom is -0.497 e. The zero-order valence-electron chi connectivity index (χ0n) is 11.9. The molecule has 106 valence electrons. The van der Waals surface area contributed by atoms with Gasteiger partial charge in [0.25, 0.3) is 0 Å². The van der Waals surface area contributed by atoms with E-state index in [0.29, 0.717) is 6.54 Å². The molecule has 1 N–H and O–H groups in total.